The first-order valence-corrected chi connectivity index (χ1v) is 4.14. The minimum Gasteiger partial charge on any atom is -0.479 e. The summed E-state index contributed by atoms with van der Waals surface area (Å²) in [6.45, 7) is 1.81. The van der Waals surface area contributed by atoms with Crippen LogP contribution in [-0.2, 0) is 4.74 Å². The maximum atomic E-state index is 4.98. The Morgan fingerprint density at radius 3 is 3.11 bits per heavy atom. The van der Waals surface area contributed by atoms with Gasteiger partial charge in [0.25, 0.3) is 0 Å². The molecule has 0 aliphatic carbocycles. The monoisotopic (exact) mass is 191 g/mol. The molecule has 0 atom stereocenters. The van der Waals surface area contributed by atoms with Gasteiger partial charge in [-0.15, -0.1) is 0 Å². The second-order valence-corrected chi connectivity index (χ2v) is 2.73. The number of hydrogen-bond donors (Lipinski definition) is 0. The van der Waals surface area contributed by atoms with Gasteiger partial charge < -0.3 is 9.64 Å². The molecule has 1 rings (SSSR count). The van der Waals surface area contributed by atoms with Crippen LogP contribution in [0.15, 0.2) is 12.5 Å². The number of hydrogen-bond acceptors (Lipinski definition) is 2. The van der Waals surface area contributed by atoms with E-state index in [1.54, 1.807) is 6.26 Å². The zero-order chi connectivity index (χ0) is 6.53. The highest BCUT2D eigenvalue weighted by atomic mass is 79.9. The van der Waals surface area contributed by atoms with E-state index < -0.39 is 0 Å². The van der Waals surface area contributed by atoms with E-state index in [-0.39, 0.29) is 0 Å². The van der Waals surface area contributed by atoms with Crippen molar-refractivity contribution in [1.82, 2.24) is 4.90 Å². The fraction of sp³-hybridized carbons (Fsp3) is 0.667. The van der Waals surface area contributed by atoms with E-state index in [1.165, 1.54) is 6.42 Å². The molecule has 0 fully saturated rings. The van der Waals surface area contributed by atoms with Gasteiger partial charge in [-0.3, -0.25) is 0 Å². The van der Waals surface area contributed by atoms with E-state index in [9.17, 15) is 0 Å². The molecule has 0 saturated heterocycles. The Kier molecular flexibility index (Phi) is 2.91. The first-order chi connectivity index (χ1) is 4.43. The smallest absolute Gasteiger partial charge is 0.160 e. The van der Waals surface area contributed by atoms with Gasteiger partial charge in [0.2, 0.25) is 0 Å². The summed E-state index contributed by atoms with van der Waals surface area (Å²) in [5, 5.41) is 1.07. The van der Waals surface area contributed by atoms with Crippen molar-refractivity contribution in [1.29, 1.82) is 0 Å². The summed E-state index contributed by atoms with van der Waals surface area (Å²) in [6.07, 6.45) is 4.88. The van der Waals surface area contributed by atoms with Gasteiger partial charge in [0, 0.05) is 18.1 Å². The van der Waals surface area contributed by atoms with Crippen LogP contribution in [-0.4, -0.2) is 23.5 Å². The van der Waals surface area contributed by atoms with Crippen molar-refractivity contribution < 1.29 is 4.74 Å². The molecule has 1 heterocycles. The molecule has 3 heteroatoms. The second-order valence-electron chi connectivity index (χ2n) is 1.94. The van der Waals surface area contributed by atoms with Crippen LogP contribution in [0.2, 0.25) is 0 Å². The SMILES string of the molecule is BrCCCN1C=COC1. The van der Waals surface area contributed by atoms with Crippen molar-refractivity contribution in [3.63, 3.8) is 0 Å². The maximum Gasteiger partial charge on any atom is 0.160 e. The average molecular weight is 192 g/mol. The molecule has 0 N–H and O–H groups in total. The fourth-order valence-electron chi connectivity index (χ4n) is 0.713. The summed E-state index contributed by atoms with van der Waals surface area (Å²) < 4.78 is 4.98. The first-order valence-electron chi connectivity index (χ1n) is 3.02. The molecule has 0 aromatic carbocycles. The van der Waals surface area contributed by atoms with Crippen molar-refractivity contribution in [2.45, 2.75) is 6.42 Å². The highest BCUT2D eigenvalue weighted by Gasteiger charge is 2.01. The average Bonchev–Trinajstić information content (AvgIpc) is 2.34. The summed E-state index contributed by atoms with van der Waals surface area (Å²) in [5.74, 6) is 0. The summed E-state index contributed by atoms with van der Waals surface area (Å²) in [7, 11) is 0. The lowest BCUT2D eigenvalue weighted by atomic mass is 10.4. The van der Waals surface area contributed by atoms with Crippen LogP contribution in [0.4, 0.5) is 0 Å². The number of ether oxygens (including phenoxy) is 1. The predicted octanol–water partition coefficient (Wildman–Crippen LogP) is 1.53. The fourth-order valence-corrected chi connectivity index (χ4v) is 0.964. The summed E-state index contributed by atoms with van der Waals surface area (Å²) in [4.78, 5) is 2.14. The van der Waals surface area contributed by atoms with E-state index in [0.29, 0.717) is 0 Å². The van der Waals surface area contributed by atoms with Gasteiger partial charge in [-0.2, -0.15) is 0 Å². The van der Waals surface area contributed by atoms with E-state index >= 15 is 0 Å². The minimum absolute atomic E-state index is 0.729. The van der Waals surface area contributed by atoms with Crippen molar-refractivity contribution in [2.24, 2.45) is 0 Å². The van der Waals surface area contributed by atoms with Crippen molar-refractivity contribution >= 4 is 15.9 Å². The molecule has 0 radical (unpaired) electrons. The molecule has 0 aromatic heterocycles. The first kappa shape index (κ1) is 6.93. The molecule has 0 unspecified atom stereocenters. The third kappa shape index (κ3) is 2.26. The van der Waals surface area contributed by atoms with E-state index in [4.69, 9.17) is 4.74 Å². The van der Waals surface area contributed by atoms with Gasteiger partial charge in [-0.25, -0.2) is 0 Å². The van der Waals surface area contributed by atoms with Crippen molar-refractivity contribution in [3.05, 3.63) is 12.5 Å². The second kappa shape index (κ2) is 3.77. The number of nitrogens with zero attached hydrogens (tertiary/aromatic N) is 1. The summed E-state index contributed by atoms with van der Waals surface area (Å²) in [6, 6.07) is 0. The van der Waals surface area contributed by atoms with Gasteiger partial charge in [-0.05, 0) is 6.42 Å². The van der Waals surface area contributed by atoms with E-state index in [0.717, 1.165) is 18.6 Å². The van der Waals surface area contributed by atoms with Crippen molar-refractivity contribution in [2.75, 3.05) is 18.6 Å². The number of rotatable bonds is 3. The summed E-state index contributed by atoms with van der Waals surface area (Å²) in [5.41, 5.74) is 0. The van der Waals surface area contributed by atoms with Crippen LogP contribution in [0.3, 0.4) is 0 Å². The van der Waals surface area contributed by atoms with Crippen LogP contribution in [0.5, 0.6) is 0 Å². The summed E-state index contributed by atoms with van der Waals surface area (Å²) >= 11 is 3.37. The van der Waals surface area contributed by atoms with Crippen LogP contribution >= 0.6 is 15.9 Å². The Bertz CT molecular complexity index is 105. The Morgan fingerprint density at radius 1 is 1.67 bits per heavy atom. The molecule has 1 aliphatic rings. The molecule has 2 nitrogen and oxygen atoms in total. The van der Waals surface area contributed by atoms with Crippen LogP contribution in [0.1, 0.15) is 6.42 Å². The van der Waals surface area contributed by atoms with Crippen LogP contribution < -0.4 is 0 Å². The molecule has 0 bridgehead atoms. The Balaban J connectivity index is 2.05. The minimum atomic E-state index is 0.729. The van der Waals surface area contributed by atoms with E-state index in [2.05, 4.69) is 20.8 Å². The third-order valence-electron chi connectivity index (χ3n) is 1.19. The third-order valence-corrected chi connectivity index (χ3v) is 1.75. The van der Waals surface area contributed by atoms with Crippen LogP contribution in [0.25, 0.3) is 0 Å². The molecule has 9 heavy (non-hydrogen) atoms. The lowest BCUT2D eigenvalue weighted by Crippen LogP contribution is -2.16. The lowest BCUT2D eigenvalue weighted by molar-refractivity contribution is 0.172. The lowest BCUT2D eigenvalue weighted by Gasteiger charge is -2.11. The maximum absolute atomic E-state index is 4.98. The highest BCUT2D eigenvalue weighted by molar-refractivity contribution is 9.09. The molecule has 0 aromatic rings. The highest BCUT2D eigenvalue weighted by Crippen LogP contribution is 2.01. The zero-order valence-corrected chi connectivity index (χ0v) is 6.80. The molecule has 0 saturated carbocycles. The largest absolute Gasteiger partial charge is 0.479 e. The van der Waals surface area contributed by atoms with Gasteiger partial charge in [0.05, 0.1) is 0 Å². The molecule has 0 amide bonds. The Hall–Kier alpha value is -0.180. The van der Waals surface area contributed by atoms with Gasteiger partial charge in [0.1, 0.15) is 6.26 Å². The van der Waals surface area contributed by atoms with Crippen molar-refractivity contribution in [3.8, 4) is 0 Å². The Labute approximate surface area is 63.6 Å². The molecule has 1 aliphatic heterocycles. The van der Waals surface area contributed by atoms with Gasteiger partial charge in [-0.1, -0.05) is 15.9 Å². The molecule has 52 valence electrons. The number of alkyl halides is 1. The van der Waals surface area contributed by atoms with Gasteiger partial charge >= 0.3 is 0 Å². The van der Waals surface area contributed by atoms with Gasteiger partial charge in [0.15, 0.2) is 6.73 Å². The molecular weight excluding hydrogens is 182 g/mol. The quantitative estimate of drug-likeness (QED) is 0.628. The standard InChI is InChI=1S/C6H10BrNO/c7-2-1-3-8-4-5-9-6-8/h4-5H,1-3,6H2. The topological polar surface area (TPSA) is 12.5 Å². The molecular formula is C6H10BrNO. The predicted molar refractivity (Wildman–Crippen MR) is 40.2 cm³/mol. The zero-order valence-electron chi connectivity index (χ0n) is 5.22. The Morgan fingerprint density at radius 2 is 2.56 bits per heavy atom. The normalized spacial score (nSPS) is 16.3. The number of halogens is 1. The van der Waals surface area contributed by atoms with Crippen LogP contribution in [0, 0.1) is 0 Å². The van der Waals surface area contributed by atoms with E-state index in [1.807, 2.05) is 6.20 Å². The molecule has 0 spiro atoms.